The van der Waals surface area contributed by atoms with Crippen LogP contribution in [0.5, 0.6) is 0 Å². The molecule has 0 aliphatic carbocycles. The van der Waals surface area contributed by atoms with Gasteiger partial charge < -0.3 is 30.5 Å². The van der Waals surface area contributed by atoms with Gasteiger partial charge in [0.2, 0.25) is 5.91 Å². The smallest absolute Gasteiger partial charge is 0.217 e. The van der Waals surface area contributed by atoms with Crippen molar-refractivity contribution in [1.29, 1.82) is 0 Å². The van der Waals surface area contributed by atoms with Crippen molar-refractivity contribution >= 4 is 17.5 Å². The van der Waals surface area contributed by atoms with Crippen molar-refractivity contribution in [3.63, 3.8) is 0 Å². The molecule has 9 heteroatoms. The topological polar surface area (TPSA) is 153 Å². The molecule has 164 valence electrons. The number of hydrogen-bond donors (Lipinski definition) is 5. The van der Waals surface area contributed by atoms with Crippen molar-refractivity contribution in [2.24, 2.45) is 0 Å². The van der Waals surface area contributed by atoms with E-state index in [1.54, 1.807) is 24.3 Å². The first-order chi connectivity index (χ1) is 14.7. The summed E-state index contributed by atoms with van der Waals surface area (Å²) < 4.78 is 5.17. The van der Waals surface area contributed by atoms with Crippen LogP contribution < -0.4 is 5.32 Å². The average molecular weight is 429 g/mol. The third-order valence-corrected chi connectivity index (χ3v) is 5.21. The zero-order valence-electron chi connectivity index (χ0n) is 16.6. The van der Waals surface area contributed by atoms with Crippen LogP contribution in [-0.2, 0) is 14.3 Å². The standard InChI is InChI=1S/C22H23NO8/c1-12(24)23-18-21(29)31-17(16(26)15(25)13-8-4-2-5-9-13)20(28)22(18,30)19(27)14-10-6-3-7-11-14/h2-11,15,17-18,20-21,25,28-30H,1H3,(H,23,24)/t15?,17-,18-,20-,21+,22+/m1/s1. The van der Waals surface area contributed by atoms with E-state index in [9.17, 15) is 34.8 Å². The summed E-state index contributed by atoms with van der Waals surface area (Å²) in [5.41, 5.74) is -2.65. The molecule has 1 heterocycles. The monoisotopic (exact) mass is 429 g/mol. The van der Waals surface area contributed by atoms with Crippen molar-refractivity contribution in [2.45, 2.75) is 43.2 Å². The fourth-order valence-corrected chi connectivity index (χ4v) is 3.61. The summed E-state index contributed by atoms with van der Waals surface area (Å²) in [6, 6.07) is 13.4. The fourth-order valence-electron chi connectivity index (χ4n) is 3.61. The Morgan fingerprint density at radius 1 is 1.00 bits per heavy atom. The van der Waals surface area contributed by atoms with E-state index >= 15 is 0 Å². The Kier molecular flexibility index (Phi) is 6.63. The molecule has 9 nitrogen and oxygen atoms in total. The number of amides is 1. The van der Waals surface area contributed by atoms with Crippen molar-refractivity contribution in [3.8, 4) is 0 Å². The zero-order chi connectivity index (χ0) is 22.8. The van der Waals surface area contributed by atoms with Gasteiger partial charge in [0, 0.05) is 12.5 Å². The molecule has 0 spiro atoms. The van der Waals surface area contributed by atoms with Crippen LogP contribution in [-0.4, -0.2) is 68.0 Å². The Bertz CT molecular complexity index is 950. The van der Waals surface area contributed by atoms with Crippen LogP contribution >= 0.6 is 0 Å². The number of ketones is 2. The van der Waals surface area contributed by atoms with Gasteiger partial charge in [-0.1, -0.05) is 60.7 Å². The van der Waals surface area contributed by atoms with Gasteiger partial charge in [-0.05, 0) is 5.56 Å². The second-order valence-electron chi connectivity index (χ2n) is 7.31. The highest BCUT2D eigenvalue weighted by molar-refractivity contribution is 6.04. The van der Waals surface area contributed by atoms with Gasteiger partial charge in [-0.3, -0.25) is 14.4 Å². The van der Waals surface area contributed by atoms with Crippen LogP contribution in [0.2, 0.25) is 0 Å². The lowest BCUT2D eigenvalue weighted by molar-refractivity contribution is -0.262. The van der Waals surface area contributed by atoms with Crippen LogP contribution in [0.4, 0.5) is 0 Å². The SMILES string of the molecule is CC(=O)N[C@@H]1[C@@H](O)O[C@H](C(=O)C(O)c2ccccc2)[C@@H](O)[C@@]1(O)C(=O)c1ccccc1. The number of ether oxygens (including phenoxy) is 1. The minimum atomic E-state index is -2.82. The predicted molar refractivity (Wildman–Crippen MR) is 107 cm³/mol. The highest BCUT2D eigenvalue weighted by Gasteiger charge is 2.62. The molecular weight excluding hydrogens is 406 g/mol. The molecule has 3 rings (SSSR count). The average Bonchev–Trinajstić information content (AvgIpc) is 2.78. The molecule has 1 aliphatic heterocycles. The molecule has 2 aromatic rings. The molecule has 1 aliphatic rings. The molecule has 0 bridgehead atoms. The van der Waals surface area contributed by atoms with E-state index in [0.29, 0.717) is 0 Å². The Labute approximate surface area is 177 Å². The summed E-state index contributed by atoms with van der Waals surface area (Å²) in [4.78, 5) is 37.7. The molecule has 2 aromatic carbocycles. The summed E-state index contributed by atoms with van der Waals surface area (Å²) in [6.07, 6.45) is -7.93. The van der Waals surface area contributed by atoms with Crippen molar-refractivity contribution in [3.05, 3.63) is 71.8 Å². The Balaban J connectivity index is 2.01. The van der Waals surface area contributed by atoms with Crippen LogP contribution in [0.3, 0.4) is 0 Å². The number of nitrogens with one attached hydrogen (secondary N) is 1. The number of aliphatic hydroxyl groups excluding tert-OH is 3. The Morgan fingerprint density at radius 3 is 2.10 bits per heavy atom. The number of rotatable bonds is 6. The van der Waals surface area contributed by atoms with E-state index in [-0.39, 0.29) is 11.1 Å². The minimum absolute atomic E-state index is 0.0247. The molecule has 1 amide bonds. The molecule has 31 heavy (non-hydrogen) atoms. The predicted octanol–water partition coefficient (Wildman–Crippen LogP) is -0.514. The Morgan fingerprint density at radius 2 is 1.55 bits per heavy atom. The second-order valence-corrected chi connectivity index (χ2v) is 7.31. The summed E-state index contributed by atoms with van der Waals surface area (Å²) >= 11 is 0. The van der Waals surface area contributed by atoms with E-state index in [4.69, 9.17) is 4.74 Å². The maximum absolute atomic E-state index is 13.2. The second kappa shape index (κ2) is 9.04. The normalized spacial score (nSPS) is 29.1. The molecule has 0 aromatic heterocycles. The summed E-state index contributed by atoms with van der Waals surface area (Å²) in [6.45, 7) is 1.09. The molecule has 0 radical (unpaired) electrons. The molecule has 1 saturated heterocycles. The van der Waals surface area contributed by atoms with Crippen molar-refractivity contribution < 1.29 is 39.5 Å². The highest BCUT2D eigenvalue weighted by Crippen LogP contribution is 2.34. The quantitative estimate of drug-likeness (QED) is 0.385. The van der Waals surface area contributed by atoms with Gasteiger partial charge >= 0.3 is 0 Å². The minimum Gasteiger partial charge on any atom is -0.386 e. The third-order valence-electron chi connectivity index (χ3n) is 5.21. The lowest BCUT2D eigenvalue weighted by Crippen LogP contribution is -2.75. The van der Waals surface area contributed by atoms with Crippen LogP contribution in [0.25, 0.3) is 0 Å². The van der Waals surface area contributed by atoms with Gasteiger partial charge in [0.25, 0.3) is 0 Å². The van der Waals surface area contributed by atoms with Crippen molar-refractivity contribution in [1.82, 2.24) is 5.32 Å². The third kappa shape index (κ3) is 4.27. The number of aliphatic hydroxyl groups is 4. The first-order valence-electron chi connectivity index (χ1n) is 9.55. The van der Waals surface area contributed by atoms with Crippen LogP contribution in [0.15, 0.2) is 60.7 Å². The number of carbonyl (C=O) groups is 3. The van der Waals surface area contributed by atoms with Crippen LogP contribution in [0.1, 0.15) is 28.9 Å². The highest BCUT2D eigenvalue weighted by atomic mass is 16.6. The van der Waals surface area contributed by atoms with Crippen molar-refractivity contribution in [2.75, 3.05) is 0 Å². The van der Waals surface area contributed by atoms with E-state index in [1.165, 1.54) is 36.4 Å². The van der Waals surface area contributed by atoms with Gasteiger partial charge in [0.1, 0.15) is 18.2 Å². The van der Waals surface area contributed by atoms with Crippen LogP contribution in [0, 0.1) is 0 Å². The van der Waals surface area contributed by atoms with Gasteiger partial charge in [-0.25, -0.2) is 0 Å². The summed E-state index contributed by atoms with van der Waals surface area (Å²) in [7, 11) is 0. The molecule has 5 N–H and O–H groups in total. The molecular formula is C22H23NO8. The molecule has 1 unspecified atom stereocenters. The first kappa shape index (κ1) is 22.7. The molecule has 6 atom stereocenters. The number of Topliss-reactive ketones (excluding diaryl/α,β-unsaturated/α-hetero) is 2. The number of hydrogen-bond acceptors (Lipinski definition) is 8. The zero-order valence-corrected chi connectivity index (χ0v) is 16.6. The van der Waals surface area contributed by atoms with E-state index < -0.39 is 53.7 Å². The summed E-state index contributed by atoms with van der Waals surface area (Å²) in [5, 5.41) is 45.3. The van der Waals surface area contributed by atoms with E-state index in [1.807, 2.05) is 0 Å². The maximum atomic E-state index is 13.2. The van der Waals surface area contributed by atoms with E-state index in [0.717, 1.165) is 6.92 Å². The van der Waals surface area contributed by atoms with E-state index in [2.05, 4.69) is 5.32 Å². The number of benzene rings is 2. The lowest BCUT2D eigenvalue weighted by Gasteiger charge is -2.47. The van der Waals surface area contributed by atoms with Gasteiger partial charge in [0.15, 0.2) is 29.6 Å². The molecule has 0 saturated carbocycles. The fraction of sp³-hybridized carbons (Fsp3) is 0.318. The Hall–Kier alpha value is -2.95. The number of carbonyl (C=O) groups excluding carboxylic acids is 3. The summed E-state index contributed by atoms with van der Waals surface area (Å²) in [5.74, 6) is -2.82. The lowest BCUT2D eigenvalue weighted by atomic mass is 9.75. The first-order valence-corrected chi connectivity index (χ1v) is 9.55. The maximum Gasteiger partial charge on any atom is 0.217 e. The van der Waals surface area contributed by atoms with Gasteiger partial charge in [-0.15, -0.1) is 0 Å². The molecule has 1 fully saturated rings. The van der Waals surface area contributed by atoms with Gasteiger partial charge in [-0.2, -0.15) is 0 Å². The largest absolute Gasteiger partial charge is 0.386 e. The van der Waals surface area contributed by atoms with Gasteiger partial charge in [0.05, 0.1) is 0 Å².